The van der Waals surface area contributed by atoms with Gasteiger partial charge in [-0.2, -0.15) is 0 Å². The van der Waals surface area contributed by atoms with Crippen molar-refractivity contribution >= 4 is 11.8 Å². The summed E-state index contributed by atoms with van der Waals surface area (Å²) in [5.74, 6) is -0.723. The van der Waals surface area contributed by atoms with E-state index in [4.69, 9.17) is 0 Å². The normalized spacial score (nSPS) is 12.2. The molecule has 0 amide bonds. The summed E-state index contributed by atoms with van der Waals surface area (Å²) in [4.78, 5) is 22.2. The third kappa shape index (κ3) is 4.62. The molecule has 0 radical (unpaired) electrons. The molecule has 0 aromatic heterocycles. The number of ether oxygens (including phenoxy) is 2. The number of carbonyl (C=O) groups excluding carboxylic acids is 2. The van der Waals surface area contributed by atoms with E-state index >= 15 is 0 Å². The van der Waals surface area contributed by atoms with Gasteiger partial charge in [0.25, 0.3) is 0 Å². The maximum atomic E-state index is 11.1. The summed E-state index contributed by atoms with van der Waals surface area (Å²) in [5.41, 5.74) is 0. The molecule has 0 heterocycles. The summed E-state index contributed by atoms with van der Waals surface area (Å²) in [6.07, 6.45) is 0.819. The summed E-state index contributed by atoms with van der Waals surface area (Å²) in [7, 11) is 2.78. The second-order valence-electron chi connectivity index (χ2n) is 2.80. The highest BCUT2D eigenvalue weighted by atomic mass is 16.5. The molecule has 0 aliphatic carbocycles. The molecule has 0 fully saturated rings. The Morgan fingerprint density at radius 3 is 2.31 bits per heavy atom. The fourth-order valence-electron chi connectivity index (χ4n) is 1.06. The molecule has 0 saturated heterocycles. The average molecular weight is 188 g/mol. The summed E-state index contributed by atoms with van der Waals surface area (Å²) >= 11 is 0. The molecule has 13 heavy (non-hydrogen) atoms. The number of Topliss-reactive ketones (excluding diaryl/α,β-unsaturated/α-hetero) is 1. The third-order valence-corrected chi connectivity index (χ3v) is 1.81. The zero-order valence-electron chi connectivity index (χ0n) is 8.33. The largest absolute Gasteiger partial charge is 0.469 e. The number of methoxy groups -OCH3 is 2. The van der Waals surface area contributed by atoms with Gasteiger partial charge in [-0.25, -0.2) is 0 Å². The van der Waals surface area contributed by atoms with Crippen molar-refractivity contribution in [2.45, 2.75) is 19.8 Å². The smallest absolute Gasteiger partial charge is 0.309 e. The molecular weight excluding hydrogens is 172 g/mol. The topological polar surface area (TPSA) is 52.6 Å². The summed E-state index contributed by atoms with van der Waals surface area (Å²) in [5, 5.41) is 0. The highest BCUT2D eigenvalue weighted by Crippen LogP contribution is 2.10. The summed E-state index contributed by atoms with van der Waals surface area (Å²) in [6.45, 7) is 1.91. The molecule has 1 unspecified atom stereocenters. The third-order valence-electron chi connectivity index (χ3n) is 1.81. The monoisotopic (exact) mass is 188 g/mol. The lowest BCUT2D eigenvalue weighted by Crippen LogP contribution is -2.21. The van der Waals surface area contributed by atoms with Crippen molar-refractivity contribution in [1.29, 1.82) is 0 Å². The zero-order valence-corrected chi connectivity index (χ0v) is 8.33. The minimum absolute atomic E-state index is 0.0630. The number of ketones is 1. The summed E-state index contributed by atoms with van der Waals surface area (Å²) < 4.78 is 9.21. The van der Waals surface area contributed by atoms with E-state index in [-0.39, 0.29) is 30.7 Å². The van der Waals surface area contributed by atoms with Gasteiger partial charge in [0, 0.05) is 13.5 Å². The summed E-state index contributed by atoms with van der Waals surface area (Å²) in [6, 6.07) is 0. The lowest BCUT2D eigenvalue weighted by atomic mass is 10.0. The van der Waals surface area contributed by atoms with Crippen LogP contribution in [0.1, 0.15) is 19.8 Å². The van der Waals surface area contributed by atoms with Crippen LogP contribution in [0, 0.1) is 5.92 Å². The van der Waals surface area contributed by atoms with E-state index in [1.165, 1.54) is 14.2 Å². The van der Waals surface area contributed by atoms with Crippen molar-refractivity contribution in [3.05, 3.63) is 0 Å². The van der Waals surface area contributed by atoms with Gasteiger partial charge in [-0.3, -0.25) is 9.59 Å². The SMILES string of the molecule is CCC(CC(=O)COC)C(=O)OC. The second kappa shape index (κ2) is 6.60. The lowest BCUT2D eigenvalue weighted by Gasteiger charge is -2.10. The quantitative estimate of drug-likeness (QED) is 0.578. The van der Waals surface area contributed by atoms with Crippen molar-refractivity contribution in [2.75, 3.05) is 20.8 Å². The van der Waals surface area contributed by atoms with Crippen LogP contribution >= 0.6 is 0 Å². The minimum Gasteiger partial charge on any atom is -0.469 e. The predicted molar refractivity (Wildman–Crippen MR) is 47.3 cm³/mol. The van der Waals surface area contributed by atoms with E-state index in [0.29, 0.717) is 6.42 Å². The first kappa shape index (κ1) is 12.1. The van der Waals surface area contributed by atoms with E-state index in [1.807, 2.05) is 6.92 Å². The van der Waals surface area contributed by atoms with Gasteiger partial charge < -0.3 is 9.47 Å². The van der Waals surface area contributed by atoms with Gasteiger partial charge in [0.1, 0.15) is 6.61 Å². The Morgan fingerprint density at radius 1 is 1.31 bits per heavy atom. The van der Waals surface area contributed by atoms with Gasteiger partial charge in [-0.15, -0.1) is 0 Å². The number of hydrogen-bond donors (Lipinski definition) is 0. The molecule has 76 valence electrons. The number of hydrogen-bond acceptors (Lipinski definition) is 4. The Morgan fingerprint density at radius 2 is 1.92 bits per heavy atom. The highest BCUT2D eigenvalue weighted by molar-refractivity contribution is 5.85. The molecule has 0 bridgehead atoms. The minimum atomic E-state index is -0.327. The predicted octanol–water partition coefficient (Wildman–Crippen LogP) is 0.791. The molecule has 4 heteroatoms. The van der Waals surface area contributed by atoms with Crippen LogP contribution in [-0.2, 0) is 19.1 Å². The molecule has 0 aromatic rings. The van der Waals surface area contributed by atoms with Gasteiger partial charge in [-0.1, -0.05) is 6.92 Å². The Balaban J connectivity index is 3.97. The van der Waals surface area contributed by atoms with Crippen LogP contribution in [0.5, 0.6) is 0 Å². The van der Waals surface area contributed by atoms with Gasteiger partial charge in [0.05, 0.1) is 13.0 Å². The molecule has 0 aromatic carbocycles. The van der Waals surface area contributed by atoms with Crippen LogP contribution in [0.4, 0.5) is 0 Å². The van der Waals surface area contributed by atoms with Crippen LogP contribution in [-0.4, -0.2) is 32.6 Å². The van der Waals surface area contributed by atoms with Crippen LogP contribution < -0.4 is 0 Å². The number of esters is 1. The van der Waals surface area contributed by atoms with Crippen LogP contribution in [0.3, 0.4) is 0 Å². The fraction of sp³-hybridized carbons (Fsp3) is 0.778. The first-order chi connectivity index (χ1) is 6.15. The lowest BCUT2D eigenvalue weighted by molar-refractivity contribution is -0.147. The van der Waals surface area contributed by atoms with E-state index in [0.717, 1.165) is 0 Å². The van der Waals surface area contributed by atoms with Crippen molar-refractivity contribution in [3.8, 4) is 0 Å². The number of rotatable bonds is 6. The van der Waals surface area contributed by atoms with Crippen molar-refractivity contribution < 1.29 is 19.1 Å². The maximum Gasteiger partial charge on any atom is 0.309 e. The van der Waals surface area contributed by atoms with E-state index in [9.17, 15) is 9.59 Å². The Bertz CT molecular complexity index is 176. The fourth-order valence-corrected chi connectivity index (χ4v) is 1.06. The van der Waals surface area contributed by atoms with Crippen molar-refractivity contribution in [1.82, 2.24) is 0 Å². The molecule has 0 saturated carbocycles. The molecule has 4 nitrogen and oxygen atoms in total. The molecule has 0 N–H and O–H groups in total. The maximum absolute atomic E-state index is 11.1. The molecule has 0 rings (SSSR count). The average Bonchev–Trinajstić information content (AvgIpc) is 2.13. The zero-order chi connectivity index (χ0) is 10.3. The van der Waals surface area contributed by atoms with Gasteiger partial charge in [-0.05, 0) is 6.42 Å². The second-order valence-corrected chi connectivity index (χ2v) is 2.80. The Labute approximate surface area is 78.2 Å². The van der Waals surface area contributed by atoms with E-state index in [1.54, 1.807) is 0 Å². The van der Waals surface area contributed by atoms with E-state index in [2.05, 4.69) is 9.47 Å². The first-order valence-corrected chi connectivity index (χ1v) is 4.24. The molecule has 0 spiro atoms. The first-order valence-electron chi connectivity index (χ1n) is 4.24. The van der Waals surface area contributed by atoms with Crippen molar-refractivity contribution in [3.63, 3.8) is 0 Å². The van der Waals surface area contributed by atoms with Crippen molar-refractivity contribution in [2.24, 2.45) is 5.92 Å². The van der Waals surface area contributed by atoms with Gasteiger partial charge in [0.15, 0.2) is 5.78 Å². The van der Waals surface area contributed by atoms with E-state index < -0.39 is 0 Å². The molecular formula is C9H16O4. The van der Waals surface area contributed by atoms with Crippen LogP contribution in [0.2, 0.25) is 0 Å². The molecule has 0 aliphatic heterocycles. The molecule has 1 atom stereocenters. The Kier molecular flexibility index (Phi) is 6.14. The number of carbonyl (C=O) groups is 2. The van der Waals surface area contributed by atoms with Crippen LogP contribution in [0.15, 0.2) is 0 Å². The highest BCUT2D eigenvalue weighted by Gasteiger charge is 2.20. The standard InChI is InChI=1S/C9H16O4/c1-4-7(9(11)13-3)5-8(10)6-12-2/h7H,4-6H2,1-3H3. The van der Waals surface area contributed by atoms with Crippen LogP contribution in [0.25, 0.3) is 0 Å². The van der Waals surface area contributed by atoms with Gasteiger partial charge >= 0.3 is 5.97 Å². The Hall–Kier alpha value is -0.900. The van der Waals surface area contributed by atoms with Gasteiger partial charge in [0.2, 0.25) is 0 Å². The molecule has 0 aliphatic rings.